The van der Waals surface area contributed by atoms with E-state index in [1.54, 1.807) is 7.11 Å². The molecule has 0 amide bonds. The third-order valence-electron chi connectivity index (χ3n) is 3.37. The lowest BCUT2D eigenvalue weighted by Crippen LogP contribution is -2.12. The van der Waals surface area contributed by atoms with E-state index in [1.807, 2.05) is 6.92 Å². The molecule has 0 bridgehead atoms. The molecule has 1 aliphatic rings. The van der Waals surface area contributed by atoms with Crippen LogP contribution in [0.1, 0.15) is 38.6 Å². The monoisotopic (exact) mass is 246 g/mol. The third-order valence-corrected chi connectivity index (χ3v) is 3.37. The third kappa shape index (κ3) is 2.35. The molecule has 1 atom stereocenters. The van der Waals surface area contributed by atoms with Crippen LogP contribution < -0.4 is 0 Å². The van der Waals surface area contributed by atoms with Crippen molar-refractivity contribution >= 4 is 5.57 Å². The molecule has 3 heteroatoms. The second-order valence-corrected chi connectivity index (χ2v) is 5.41. The second kappa shape index (κ2) is 5.01. The fraction of sp³-hybridized carbons (Fsp3) is 0.533. The first-order valence-electron chi connectivity index (χ1n) is 6.54. The zero-order valence-electron chi connectivity index (χ0n) is 11.9. The number of methoxy groups -OCH3 is 1. The van der Waals surface area contributed by atoms with Crippen LogP contribution >= 0.6 is 0 Å². The predicted molar refractivity (Wildman–Crippen MR) is 74.0 cm³/mol. The number of hydrogen-bond acceptors (Lipinski definition) is 2. The van der Waals surface area contributed by atoms with Gasteiger partial charge in [-0.2, -0.15) is 5.10 Å². The van der Waals surface area contributed by atoms with Crippen molar-refractivity contribution < 1.29 is 4.74 Å². The van der Waals surface area contributed by atoms with Gasteiger partial charge >= 0.3 is 0 Å². The summed E-state index contributed by atoms with van der Waals surface area (Å²) in [4.78, 5) is 0. The summed E-state index contributed by atoms with van der Waals surface area (Å²) < 4.78 is 5.65. The number of aromatic amines is 1. The standard InChI is InChI=1S/C15H22N2O/c1-9(2)12-6-10(3)7-13(15(12)18-5)14-8-11(4)16-17-14/h6,8-10H,7H2,1-5H3,(H,16,17). The van der Waals surface area contributed by atoms with Gasteiger partial charge in [0.15, 0.2) is 0 Å². The van der Waals surface area contributed by atoms with Crippen LogP contribution in [0.15, 0.2) is 23.5 Å². The molecule has 0 radical (unpaired) electrons. The first kappa shape index (κ1) is 12.9. The van der Waals surface area contributed by atoms with Crippen LogP contribution in [0.5, 0.6) is 0 Å². The molecule has 1 heterocycles. The van der Waals surface area contributed by atoms with Crippen molar-refractivity contribution in [3.8, 4) is 0 Å². The molecule has 1 unspecified atom stereocenters. The fourth-order valence-electron chi connectivity index (χ4n) is 2.52. The van der Waals surface area contributed by atoms with E-state index < -0.39 is 0 Å². The summed E-state index contributed by atoms with van der Waals surface area (Å²) in [6.07, 6.45) is 3.32. The largest absolute Gasteiger partial charge is 0.496 e. The van der Waals surface area contributed by atoms with E-state index in [-0.39, 0.29) is 0 Å². The van der Waals surface area contributed by atoms with Gasteiger partial charge in [0.2, 0.25) is 0 Å². The van der Waals surface area contributed by atoms with E-state index in [0.717, 1.165) is 23.6 Å². The minimum Gasteiger partial charge on any atom is -0.496 e. The summed E-state index contributed by atoms with van der Waals surface area (Å²) in [6.45, 7) is 8.68. The van der Waals surface area contributed by atoms with Crippen LogP contribution in [-0.4, -0.2) is 17.3 Å². The van der Waals surface area contributed by atoms with E-state index in [1.165, 1.54) is 11.1 Å². The summed E-state index contributed by atoms with van der Waals surface area (Å²) in [5, 5.41) is 7.39. The SMILES string of the molecule is COC1=C(c2cc(C)[nH]n2)CC(C)C=C1C(C)C. The number of nitrogens with zero attached hydrogens (tertiary/aromatic N) is 1. The molecule has 98 valence electrons. The topological polar surface area (TPSA) is 37.9 Å². The van der Waals surface area contributed by atoms with Crippen molar-refractivity contribution in [1.82, 2.24) is 10.2 Å². The highest BCUT2D eigenvalue weighted by molar-refractivity contribution is 5.70. The highest BCUT2D eigenvalue weighted by Gasteiger charge is 2.24. The zero-order valence-corrected chi connectivity index (χ0v) is 11.9. The highest BCUT2D eigenvalue weighted by atomic mass is 16.5. The number of allylic oxidation sites excluding steroid dienone is 3. The summed E-state index contributed by atoms with van der Waals surface area (Å²) in [6, 6.07) is 2.09. The normalized spacial score (nSPS) is 20.3. The number of ether oxygens (including phenoxy) is 1. The molecule has 1 aromatic rings. The van der Waals surface area contributed by atoms with Gasteiger partial charge < -0.3 is 4.74 Å². The van der Waals surface area contributed by atoms with Crippen LogP contribution in [0.25, 0.3) is 5.57 Å². The van der Waals surface area contributed by atoms with Gasteiger partial charge in [-0.25, -0.2) is 0 Å². The lowest BCUT2D eigenvalue weighted by Gasteiger charge is -2.25. The van der Waals surface area contributed by atoms with Crippen molar-refractivity contribution in [3.63, 3.8) is 0 Å². The molecule has 2 rings (SSSR count). The molecule has 0 saturated heterocycles. The van der Waals surface area contributed by atoms with Crippen molar-refractivity contribution in [2.75, 3.05) is 7.11 Å². The predicted octanol–water partition coefficient (Wildman–Crippen LogP) is 3.70. The number of aryl methyl sites for hydroxylation is 1. The fourth-order valence-corrected chi connectivity index (χ4v) is 2.52. The lowest BCUT2D eigenvalue weighted by molar-refractivity contribution is 0.291. The number of hydrogen-bond donors (Lipinski definition) is 1. The molecule has 3 nitrogen and oxygen atoms in total. The maximum absolute atomic E-state index is 5.65. The van der Waals surface area contributed by atoms with E-state index in [2.05, 4.69) is 43.1 Å². The number of rotatable bonds is 3. The second-order valence-electron chi connectivity index (χ2n) is 5.41. The number of aromatic nitrogens is 2. The molecule has 1 N–H and O–H groups in total. The van der Waals surface area contributed by atoms with E-state index in [0.29, 0.717) is 11.8 Å². The quantitative estimate of drug-likeness (QED) is 0.883. The highest BCUT2D eigenvalue weighted by Crippen LogP contribution is 2.37. The summed E-state index contributed by atoms with van der Waals surface area (Å²) in [7, 11) is 1.75. The van der Waals surface area contributed by atoms with Gasteiger partial charge in [0.25, 0.3) is 0 Å². The Morgan fingerprint density at radius 1 is 1.44 bits per heavy atom. The van der Waals surface area contributed by atoms with Crippen molar-refractivity contribution in [2.24, 2.45) is 11.8 Å². The molecule has 0 fully saturated rings. The van der Waals surface area contributed by atoms with Gasteiger partial charge in [0, 0.05) is 11.3 Å². The van der Waals surface area contributed by atoms with E-state index >= 15 is 0 Å². The van der Waals surface area contributed by atoms with Crippen LogP contribution in [0.3, 0.4) is 0 Å². The molecule has 0 spiro atoms. The first-order chi connectivity index (χ1) is 8.52. The maximum atomic E-state index is 5.65. The minimum absolute atomic E-state index is 0.470. The van der Waals surface area contributed by atoms with Gasteiger partial charge in [-0.15, -0.1) is 0 Å². The van der Waals surface area contributed by atoms with Crippen molar-refractivity contribution in [1.29, 1.82) is 0 Å². The number of H-pyrrole nitrogens is 1. The molecule has 18 heavy (non-hydrogen) atoms. The van der Waals surface area contributed by atoms with E-state index in [4.69, 9.17) is 4.74 Å². The van der Waals surface area contributed by atoms with Gasteiger partial charge in [-0.1, -0.05) is 26.8 Å². The molecule has 1 aliphatic carbocycles. The van der Waals surface area contributed by atoms with Crippen LogP contribution in [0.4, 0.5) is 0 Å². The molecular formula is C15H22N2O. The minimum atomic E-state index is 0.470. The average molecular weight is 246 g/mol. The summed E-state index contributed by atoms with van der Waals surface area (Å²) in [5.41, 5.74) is 4.62. The van der Waals surface area contributed by atoms with Gasteiger partial charge in [-0.05, 0) is 36.8 Å². The first-order valence-corrected chi connectivity index (χ1v) is 6.54. The van der Waals surface area contributed by atoms with Crippen LogP contribution in [-0.2, 0) is 4.74 Å². The average Bonchev–Trinajstić information content (AvgIpc) is 2.74. The van der Waals surface area contributed by atoms with Gasteiger partial charge in [0.05, 0.1) is 12.8 Å². The van der Waals surface area contributed by atoms with Crippen molar-refractivity contribution in [3.05, 3.63) is 34.9 Å². The molecule has 1 aromatic heterocycles. The molecule has 0 aromatic carbocycles. The molecular weight excluding hydrogens is 224 g/mol. The smallest absolute Gasteiger partial charge is 0.127 e. The Labute approximate surface area is 109 Å². The Morgan fingerprint density at radius 2 is 2.17 bits per heavy atom. The Bertz CT molecular complexity index is 494. The Hall–Kier alpha value is -1.51. The van der Waals surface area contributed by atoms with E-state index in [9.17, 15) is 0 Å². The van der Waals surface area contributed by atoms with Crippen LogP contribution in [0, 0.1) is 18.8 Å². The maximum Gasteiger partial charge on any atom is 0.127 e. The molecule has 0 aliphatic heterocycles. The zero-order chi connectivity index (χ0) is 13.3. The Kier molecular flexibility index (Phi) is 3.60. The van der Waals surface area contributed by atoms with Gasteiger partial charge in [-0.3, -0.25) is 5.10 Å². The van der Waals surface area contributed by atoms with Crippen LogP contribution in [0.2, 0.25) is 0 Å². The van der Waals surface area contributed by atoms with Crippen molar-refractivity contribution in [2.45, 2.75) is 34.1 Å². The van der Waals surface area contributed by atoms with Gasteiger partial charge in [0.1, 0.15) is 5.76 Å². The molecule has 0 saturated carbocycles. The Morgan fingerprint density at radius 3 is 2.67 bits per heavy atom. The number of nitrogens with one attached hydrogen (secondary N) is 1. The summed E-state index contributed by atoms with van der Waals surface area (Å²) >= 11 is 0. The lowest BCUT2D eigenvalue weighted by atomic mass is 9.84. The summed E-state index contributed by atoms with van der Waals surface area (Å²) in [5.74, 6) is 2.01. The Balaban J connectivity index is 2.50.